The standard InChI is InChI=1S/C8H14N2O2S.ClH/c11-8(7-5-13-6-9-7)10-1-3-12-4-2-10;/h7,9H,1-6H2;1H/t7-;/m1./s1. The number of hydrogen-bond acceptors (Lipinski definition) is 4. The Morgan fingerprint density at radius 3 is 2.71 bits per heavy atom. The molecule has 2 rings (SSSR count). The minimum Gasteiger partial charge on any atom is -0.378 e. The zero-order valence-corrected chi connectivity index (χ0v) is 9.53. The molecular weight excluding hydrogens is 224 g/mol. The molecule has 1 N–H and O–H groups in total. The van der Waals surface area contributed by atoms with Gasteiger partial charge in [-0.05, 0) is 0 Å². The minimum atomic E-state index is 0. The first-order valence-electron chi connectivity index (χ1n) is 4.55. The molecule has 1 atom stereocenters. The molecule has 0 unspecified atom stereocenters. The van der Waals surface area contributed by atoms with Gasteiger partial charge in [0.05, 0.1) is 19.3 Å². The molecule has 14 heavy (non-hydrogen) atoms. The van der Waals surface area contributed by atoms with Crippen LogP contribution in [0, 0.1) is 0 Å². The predicted molar refractivity (Wildman–Crippen MR) is 58.9 cm³/mol. The molecule has 0 radical (unpaired) electrons. The van der Waals surface area contributed by atoms with Gasteiger partial charge >= 0.3 is 0 Å². The SMILES string of the molecule is Cl.O=C([C@H]1CSCN1)N1CCOCC1. The summed E-state index contributed by atoms with van der Waals surface area (Å²) in [5, 5.41) is 3.18. The van der Waals surface area contributed by atoms with Gasteiger partial charge in [0, 0.05) is 24.7 Å². The van der Waals surface area contributed by atoms with E-state index < -0.39 is 0 Å². The highest BCUT2D eigenvalue weighted by Crippen LogP contribution is 2.12. The molecule has 0 bridgehead atoms. The van der Waals surface area contributed by atoms with Crippen molar-refractivity contribution in [2.75, 3.05) is 37.9 Å². The van der Waals surface area contributed by atoms with Gasteiger partial charge in [-0.25, -0.2) is 0 Å². The Kier molecular flexibility index (Phi) is 5.01. The van der Waals surface area contributed by atoms with Crippen molar-refractivity contribution in [3.8, 4) is 0 Å². The summed E-state index contributed by atoms with van der Waals surface area (Å²) < 4.78 is 5.19. The summed E-state index contributed by atoms with van der Waals surface area (Å²) >= 11 is 1.78. The van der Waals surface area contributed by atoms with E-state index in [2.05, 4.69) is 5.32 Å². The molecule has 0 aromatic heterocycles. The van der Waals surface area contributed by atoms with Crippen molar-refractivity contribution in [2.24, 2.45) is 0 Å². The molecule has 2 heterocycles. The topological polar surface area (TPSA) is 41.6 Å². The van der Waals surface area contributed by atoms with Gasteiger partial charge in [-0.3, -0.25) is 10.1 Å². The first kappa shape index (κ1) is 12.1. The predicted octanol–water partition coefficient (Wildman–Crippen LogP) is -0.0705. The van der Waals surface area contributed by atoms with Gasteiger partial charge in [-0.15, -0.1) is 24.2 Å². The second-order valence-electron chi connectivity index (χ2n) is 3.21. The Bertz CT molecular complexity index is 194. The van der Waals surface area contributed by atoms with Crippen LogP contribution in [0.3, 0.4) is 0 Å². The van der Waals surface area contributed by atoms with Crippen molar-refractivity contribution < 1.29 is 9.53 Å². The lowest BCUT2D eigenvalue weighted by Gasteiger charge is -2.28. The Balaban J connectivity index is 0.000000980. The maximum absolute atomic E-state index is 11.8. The van der Waals surface area contributed by atoms with Crippen LogP contribution >= 0.6 is 24.2 Å². The van der Waals surface area contributed by atoms with Gasteiger partial charge in [0.1, 0.15) is 0 Å². The number of rotatable bonds is 1. The summed E-state index contributed by atoms with van der Waals surface area (Å²) in [6.45, 7) is 2.88. The third kappa shape index (κ3) is 2.76. The highest BCUT2D eigenvalue weighted by atomic mass is 35.5. The fraction of sp³-hybridized carbons (Fsp3) is 0.875. The highest BCUT2D eigenvalue weighted by Gasteiger charge is 2.27. The smallest absolute Gasteiger partial charge is 0.240 e. The first-order valence-corrected chi connectivity index (χ1v) is 5.71. The minimum absolute atomic E-state index is 0. The van der Waals surface area contributed by atoms with Crippen LogP contribution in [0.1, 0.15) is 0 Å². The fourth-order valence-electron chi connectivity index (χ4n) is 1.56. The summed E-state index contributed by atoms with van der Waals surface area (Å²) in [5.41, 5.74) is 0. The van der Waals surface area contributed by atoms with E-state index >= 15 is 0 Å². The van der Waals surface area contributed by atoms with Crippen molar-refractivity contribution in [3.63, 3.8) is 0 Å². The molecule has 6 heteroatoms. The lowest BCUT2D eigenvalue weighted by atomic mass is 10.2. The normalized spacial score (nSPS) is 27.1. The number of morpholine rings is 1. The van der Waals surface area contributed by atoms with Crippen LogP contribution in [-0.4, -0.2) is 54.8 Å². The van der Waals surface area contributed by atoms with Crippen LogP contribution in [0.15, 0.2) is 0 Å². The molecule has 1 amide bonds. The molecule has 82 valence electrons. The van der Waals surface area contributed by atoms with Gasteiger partial charge in [0.2, 0.25) is 5.91 Å². The Labute approximate surface area is 94.1 Å². The van der Waals surface area contributed by atoms with Gasteiger partial charge in [0.15, 0.2) is 0 Å². The lowest BCUT2D eigenvalue weighted by molar-refractivity contribution is -0.136. The fourth-order valence-corrected chi connectivity index (χ4v) is 2.49. The Morgan fingerprint density at radius 2 is 2.14 bits per heavy atom. The average molecular weight is 239 g/mol. The first-order chi connectivity index (χ1) is 6.38. The van der Waals surface area contributed by atoms with Crippen LogP contribution < -0.4 is 5.32 Å². The van der Waals surface area contributed by atoms with Crippen LogP contribution in [-0.2, 0) is 9.53 Å². The lowest BCUT2D eigenvalue weighted by Crippen LogP contribution is -2.49. The molecule has 2 saturated heterocycles. The number of halogens is 1. The number of nitrogens with one attached hydrogen (secondary N) is 1. The van der Waals surface area contributed by atoms with Crippen molar-refractivity contribution in [2.45, 2.75) is 6.04 Å². The third-order valence-electron chi connectivity index (χ3n) is 2.34. The van der Waals surface area contributed by atoms with E-state index in [1.165, 1.54) is 0 Å². The molecule has 2 aliphatic heterocycles. The van der Waals surface area contributed by atoms with E-state index in [1.807, 2.05) is 4.90 Å². The zero-order valence-electron chi connectivity index (χ0n) is 7.90. The summed E-state index contributed by atoms with van der Waals surface area (Å²) in [6, 6.07) is 0.0445. The summed E-state index contributed by atoms with van der Waals surface area (Å²) in [6.07, 6.45) is 0. The maximum Gasteiger partial charge on any atom is 0.240 e. The van der Waals surface area contributed by atoms with Crippen molar-refractivity contribution in [3.05, 3.63) is 0 Å². The Hall–Kier alpha value is 0.0300. The molecule has 0 saturated carbocycles. The van der Waals surface area contributed by atoms with Gasteiger partial charge < -0.3 is 9.64 Å². The Morgan fingerprint density at radius 1 is 1.43 bits per heavy atom. The molecule has 0 aromatic rings. The molecule has 0 aliphatic carbocycles. The molecule has 4 nitrogen and oxygen atoms in total. The zero-order chi connectivity index (χ0) is 9.10. The van der Waals surface area contributed by atoms with Crippen molar-refractivity contribution >= 4 is 30.1 Å². The van der Waals surface area contributed by atoms with Crippen molar-refractivity contribution in [1.82, 2.24) is 10.2 Å². The van der Waals surface area contributed by atoms with Crippen LogP contribution in [0.25, 0.3) is 0 Å². The molecule has 2 aliphatic rings. The van der Waals surface area contributed by atoms with E-state index in [0.29, 0.717) is 13.2 Å². The van der Waals surface area contributed by atoms with E-state index in [4.69, 9.17) is 4.74 Å². The monoisotopic (exact) mass is 238 g/mol. The molecule has 0 spiro atoms. The maximum atomic E-state index is 11.8. The summed E-state index contributed by atoms with van der Waals surface area (Å²) in [7, 11) is 0. The number of thioether (sulfide) groups is 1. The number of carbonyl (C=O) groups is 1. The second kappa shape index (κ2) is 5.80. The number of nitrogens with zero attached hydrogens (tertiary/aromatic N) is 1. The summed E-state index contributed by atoms with van der Waals surface area (Å²) in [5.74, 6) is 2.06. The van der Waals surface area contributed by atoms with E-state index in [-0.39, 0.29) is 24.4 Å². The highest BCUT2D eigenvalue weighted by molar-refractivity contribution is 7.99. The van der Waals surface area contributed by atoms with Gasteiger partial charge in [0.25, 0.3) is 0 Å². The molecular formula is C8H15ClN2O2S. The number of carbonyl (C=O) groups excluding carboxylic acids is 1. The molecule has 0 aromatic carbocycles. The second-order valence-corrected chi connectivity index (χ2v) is 4.24. The van der Waals surface area contributed by atoms with Gasteiger partial charge in [-0.2, -0.15) is 0 Å². The number of hydrogen-bond donors (Lipinski definition) is 1. The van der Waals surface area contributed by atoms with Crippen molar-refractivity contribution in [1.29, 1.82) is 0 Å². The number of amides is 1. The quantitative estimate of drug-likeness (QED) is 0.695. The molecule has 2 fully saturated rings. The summed E-state index contributed by atoms with van der Waals surface area (Å²) in [4.78, 5) is 13.7. The van der Waals surface area contributed by atoms with E-state index in [1.54, 1.807) is 11.8 Å². The van der Waals surface area contributed by atoms with Crippen LogP contribution in [0.2, 0.25) is 0 Å². The third-order valence-corrected chi connectivity index (χ3v) is 3.28. The van der Waals surface area contributed by atoms with Crippen LogP contribution in [0.5, 0.6) is 0 Å². The van der Waals surface area contributed by atoms with Crippen LogP contribution in [0.4, 0.5) is 0 Å². The largest absolute Gasteiger partial charge is 0.378 e. The van der Waals surface area contributed by atoms with E-state index in [0.717, 1.165) is 24.7 Å². The number of ether oxygens (including phenoxy) is 1. The average Bonchev–Trinajstić information content (AvgIpc) is 2.71. The van der Waals surface area contributed by atoms with E-state index in [9.17, 15) is 4.79 Å². The van der Waals surface area contributed by atoms with Gasteiger partial charge in [-0.1, -0.05) is 0 Å².